The zero-order valence-electron chi connectivity index (χ0n) is 16.0. The van der Waals surface area contributed by atoms with Crippen LogP contribution in [0.1, 0.15) is 47.4 Å². The van der Waals surface area contributed by atoms with Crippen LogP contribution in [0.15, 0.2) is 42.5 Å². The van der Waals surface area contributed by atoms with Crippen LogP contribution in [0, 0.1) is 11.7 Å². The summed E-state index contributed by atoms with van der Waals surface area (Å²) in [7, 11) is 0. The number of benzene rings is 2. The van der Waals surface area contributed by atoms with Gasteiger partial charge in [-0.2, -0.15) is 0 Å². The van der Waals surface area contributed by atoms with Gasteiger partial charge in [0.25, 0.3) is 5.91 Å². The Morgan fingerprint density at radius 3 is 2.75 bits per heavy atom. The van der Waals surface area contributed by atoms with Crippen molar-refractivity contribution in [1.82, 2.24) is 4.90 Å². The molecule has 0 spiro atoms. The monoisotopic (exact) mass is 403 g/mol. The van der Waals surface area contributed by atoms with Crippen LogP contribution in [0.3, 0.4) is 0 Å². The first-order valence-corrected chi connectivity index (χ1v) is 9.78. The van der Waals surface area contributed by atoms with Crippen LogP contribution in [0.4, 0.5) is 4.39 Å². The lowest BCUT2D eigenvalue weighted by atomic mass is 9.89. The van der Waals surface area contributed by atoms with Gasteiger partial charge < -0.3 is 9.64 Å². The fourth-order valence-electron chi connectivity index (χ4n) is 3.44. The molecule has 4 nitrogen and oxygen atoms in total. The minimum atomic E-state index is -0.610. The number of hydrogen-bond donors (Lipinski definition) is 0. The molecule has 0 N–H and O–H groups in total. The Balaban J connectivity index is 1.75. The predicted molar refractivity (Wildman–Crippen MR) is 107 cm³/mol. The molecule has 28 heavy (non-hydrogen) atoms. The number of carbonyl (C=O) groups is 2. The predicted octanol–water partition coefficient (Wildman–Crippen LogP) is 5.00. The first kappa shape index (κ1) is 20.3. The van der Waals surface area contributed by atoms with E-state index in [1.807, 2.05) is 19.9 Å². The topological polar surface area (TPSA) is 46.6 Å². The number of piperidine rings is 1. The number of ether oxygens (including phenoxy) is 1. The summed E-state index contributed by atoms with van der Waals surface area (Å²) < 4.78 is 19.7. The maximum Gasteiger partial charge on any atom is 0.256 e. The summed E-state index contributed by atoms with van der Waals surface area (Å²) in [5.41, 5.74) is 0.499. The average Bonchev–Trinajstić information content (AvgIpc) is 2.68. The molecule has 1 saturated heterocycles. The van der Waals surface area contributed by atoms with Crippen molar-refractivity contribution in [2.24, 2.45) is 5.92 Å². The van der Waals surface area contributed by atoms with Gasteiger partial charge in [0.1, 0.15) is 11.6 Å². The van der Waals surface area contributed by atoms with Gasteiger partial charge in [0.15, 0.2) is 5.78 Å². The second kappa shape index (κ2) is 8.74. The fraction of sp³-hybridized carbons (Fsp3) is 0.364. The van der Waals surface area contributed by atoms with Crippen molar-refractivity contribution in [2.75, 3.05) is 13.1 Å². The van der Waals surface area contributed by atoms with Crippen molar-refractivity contribution < 1.29 is 18.7 Å². The van der Waals surface area contributed by atoms with E-state index in [1.54, 1.807) is 18.2 Å². The van der Waals surface area contributed by atoms with Crippen LogP contribution in [0.25, 0.3) is 0 Å². The van der Waals surface area contributed by atoms with Gasteiger partial charge in [-0.1, -0.05) is 23.7 Å². The highest BCUT2D eigenvalue weighted by molar-refractivity contribution is 6.31. The van der Waals surface area contributed by atoms with Gasteiger partial charge >= 0.3 is 0 Å². The average molecular weight is 404 g/mol. The van der Waals surface area contributed by atoms with E-state index in [0.717, 1.165) is 0 Å². The number of halogens is 2. The van der Waals surface area contributed by atoms with Gasteiger partial charge in [-0.25, -0.2) is 4.39 Å². The summed E-state index contributed by atoms with van der Waals surface area (Å²) in [4.78, 5) is 27.3. The molecule has 148 valence electrons. The van der Waals surface area contributed by atoms with Crippen molar-refractivity contribution in [3.05, 3.63) is 64.4 Å². The Kier molecular flexibility index (Phi) is 6.35. The molecule has 0 unspecified atom stereocenters. The second-order valence-electron chi connectivity index (χ2n) is 7.27. The van der Waals surface area contributed by atoms with E-state index in [-0.39, 0.29) is 29.9 Å². The number of carbonyl (C=O) groups excluding carboxylic acids is 2. The van der Waals surface area contributed by atoms with Crippen LogP contribution >= 0.6 is 11.6 Å². The molecule has 1 fully saturated rings. The highest BCUT2D eigenvalue weighted by Crippen LogP contribution is 2.25. The van der Waals surface area contributed by atoms with E-state index in [2.05, 4.69) is 0 Å². The molecule has 1 atom stereocenters. The summed E-state index contributed by atoms with van der Waals surface area (Å²) >= 11 is 5.91. The van der Waals surface area contributed by atoms with Crippen LogP contribution in [-0.2, 0) is 0 Å². The van der Waals surface area contributed by atoms with E-state index in [9.17, 15) is 14.0 Å². The highest BCUT2D eigenvalue weighted by Gasteiger charge is 2.30. The lowest BCUT2D eigenvalue weighted by molar-refractivity contribution is 0.0633. The zero-order valence-corrected chi connectivity index (χ0v) is 16.7. The summed E-state index contributed by atoms with van der Waals surface area (Å²) in [6.45, 7) is 4.60. The molecule has 0 bridgehead atoms. The lowest BCUT2D eigenvalue weighted by Crippen LogP contribution is -2.42. The van der Waals surface area contributed by atoms with Crippen LogP contribution in [-0.4, -0.2) is 35.8 Å². The van der Waals surface area contributed by atoms with E-state index in [4.69, 9.17) is 16.3 Å². The Morgan fingerprint density at radius 1 is 1.21 bits per heavy atom. The Bertz CT molecular complexity index is 884. The number of ketones is 1. The molecule has 6 heteroatoms. The van der Waals surface area contributed by atoms with Crippen molar-refractivity contribution in [3.8, 4) is 5.75 Å². The van der Waals surface area contributed by atoms with Crippen molar-refractivity contribution in [3.63, 3.8) is 0 Å². The summed E-state index contributed by atoms with van der Waals surface area (Å²) in [5.74, 6) is -0.756. The number of Topliss-reactive ketones (excluding diaryl/α,β-unsaturated/α-hetero) is 1. The van der Waals surface area contributed by atoms with Crippen molar-refractivity contribution >= 4 is 23.3 Å². The third-order valence-electron chi connectivity index (χ3n) is 4.73. The number of nitrogens with zero attached hydrogens (tertiary/aromatic N) is 1. The van der Waals surface area contributed by atoms with E-state index in [1.165, 1.54) is 23.1 Å². The molecule has 1 amide bonds. The van der Waals surface area contributed by atoms with Crippen LogP contribution < -0.4 is 4.74 Å². The smallest absolute Gasteiger partial charge is 0.256 e. The lowest BCUT2D eigenvalue weighted by Gasteiger charge is -2.32. The quantitative estimate of drug-likeness (QED) is 0.660. The third-order valence-corrected chi connectivity index (χ3v) is 4.96. The number of hydrogen-bond acceptors (Lipinski definition) is 3. The van der Waals surface area contributed by atoms with E-state index in [0.29, 0.717) is 35.7 Å². The van der Waals surface area contributed by atoms with E-state index >= 15 is 0 Å². The first-order chi connectivity index (χ1) is 13.3. The molecule has 1 heterocycles. The molecule has 1 aliphatic heterocycles. The number of rotatable bonds is 5. The number of likely N-dealkylation sites (tertiary alicyclic amines) is 1. The molecular weight excluding hydrogens is 381 g/mol. The summed E-state index contributed by atoms with van der Waals surface area (Å²) in [5, 5.41) is 0.302. The fourth-order valence-corrected chi connectivity index (χ4v) is 3.61. The first-order valence-electron chi connectivity index (χ1n) is 9.40. The zero-order chi connectivity index (χ0) is 20.3. The Hall–Kier alpha value is -2.40. The minimum Gasteiger partial charge on any atom is -0.491 e. The standard InChI is InChI=1S/C22H23ClFNO3/c1-14(2)28-18-7-3-5-15(11-18)21(26)16-6-4-10-25(13-16)22(27)19-12-17(23)8-9-20(19)24/h3,5,7-9,11-12,14,16H,4,6,10,13H2,1-2H3/t16-/m1/s1. The molecule has 1 aliphatic rings. The molecule has 0 saturated carbocycles. The van der Waals surface area contributed by atoms with Gasteiger partial charge in [-0.3, -0.25) is 9.59 Å². The van der Waals surface area contributed by atoms with Gasteiger partial charge in [-0.15, -0.1) is 0 Å². The Morgan fingerprint density at radius 2 is 2.00 bits per heavy atom. The molecule has 0 aromatic heterocycles. The molecule has 0 radical (unpaired) electrons. The number of amides is 1. The van der Waals surface area contributed by atoms with Gasteiger partial charge in [0, 0.05) is 29.6 Å². The normalized spacial score (nSPS) is 16.9. The maximum absolute atomic E-state index is 14.1. The highest BCUT2D eigenvalue weighted by atomic mass is 35.5. The summed E-state index contributed by atoms with van der Waals surface area (Å²) in [6, 6.07) is 11.0. The molecular formula is C22H23ClFNO3. The van der Waals surface area contributed by atoms with Crippen LogP contribution in [0.2, 0.25) is 5.02 Å². The molecule has 2 aromatic carbocycles. The SMILES string of the molecule is CC(C)Oc1cccc(C(=O)[C@@H]2CCCN(C(=O)c3cc(Cl)ccc3F)C2)c1. The van der Waals surface area contributed by atoms with Gasteiger partial charge in [0.05, 0.1) is 11.7 Å². The minimum absolute atomic E-state index is 0.0146. The van der Waals surface area contributed by atoms with Crippen molar-refractivity contribution in [1.29, 1.82) is 0 Å². The third kappa shape index (κ3) is 4.71. The van der Waals surface area contributed by atoms with E-state index < -0.39 is 11.7 Å². The van der Waals surface area contributed by atoms with Gasteiger partial charge in [-0.05, 0) is 57.0 Å². The maximum atomic E-state index is 14.1. The second-order valence-corrected chi connectivity index (χ2v) is 7.71. The van der Waals surface area contributed by atoms with Gasteiger partial charge in [0.2, 0.25) is 0 Å². The molecule has 2 aromatic rings. The Labute approximate surface area is 169 Å². The summed E-state index contributed by atoms with van der Waals surface area (Å²) in [6.07, 6.45) is 1.39. The largest absolute Gasteiger partial charge is 0.491 e. The molecule has 0 aliphatic carbocycles. The van der Waals surface area contributed by atoms with Crippen molar-refractivity contribution in [2.45, 2.75) is 32.8 Å². The molecule has 3 rings (SSSR count). The van der Waals surface area contributed by atoms with Crippen LogP contribution in [0.5, 0.6) is 5.75 Å².